The number of benzene rings is 3. The van der Waals surface area contributed by atoms with Gasteiger partial charge < -0.3 is 34.7 Å². The lowest BCUT2D eigenvalue weighted by molar-refractivity contribution is -0.235. The molecule has 0 radical (unpaired) electrons. The molecule has 2 amide bonds. The molecule has 8 rings (SSSR count). The molecule has 390 valence electrons. The highest BCUT2D eigenvalue weighted by Gasteiger charge is 2.73. The summed E-state index contributed by atoms with van der Waals surface area (Å²) in [7, 11) is 2.65. The van der Waals surface area contributed by atoms with Crippen molar-refractivity contribution in [2.75, 3.05) is 33.9 Å². The first kappa shape index (κ1) is 55.1. The topological polar surface area (TPSA) is 164 Å². The minimum atomic E-state index is -1.07. The van der Waals surface area contributed by atoms with Crippen LogP contribution in [0.15, 0.2) is 66.7 Å². The fourth-order valence-corrected chi connectivity index (χ4v) is 12.3. The van der Waals surface area contributed by atoms with Gasteiger partial charge in [-0.2, -0.15) is 0 Å². The van der Waals surface area contributed by atoms with Crippen LogP contribution in [0.4, 0.5) is 0 Å². The number of fused-ring (bicyclic) bond motifs is 2. The van der Waals surface area contributed by atoms with Crippen molar-refractivity contribution in [2.45, 2.75) is 167 Å². The number of carbonyl (C=O) groups excluding carboxylic acids is 5. The van der Waals surface area contributed by atoms with Gasteiger partial charge >= 0.3 is 7.12 Å². The molecule has 3 saturated carbocycles. The SMILES string of the molecule is CCCCc1ccc(-c2ccc(C(=O)C[C@@H](CCCCN)C(=O)N(C)[C@@H]3C(=O)C[C@@H](C)C(=O)N[C@H](C(=O)C[C@@H](C)B4O[C@]5(C)C[C@@H]6C[C@@H](C6(C)C)[C@]5(C)O4)COCCCCc4cc3ccc4OC)cc2)cc1. The van der Waals surface area contributed by atoms with Crippen molar-refractivity contribution >= 4 is 36.3 Å². The number of aryl methyl sites for hydroxylation is 2. The standard InChI is InChI=1S/C59H82BN3O9/c1-10-11-16-40-19-21-41(22-20-40)42-23-25-43(26-24-42)49(64)34-46(18-12-14-29-61)56(68)63(8)54-45-27-28-52(69-9)44(33-45)17-13-15-30-70-37-48(62-55(67)38(2)31-51(54)66)50(65)32-39(3)60-71-58(6)36-47-35-53(57(47,4)5)59(58,7)72-60/h19-28,33,38-39,46-48,53-54H,10-18,29-32,34-37,61H2,1-9H3,(H,62,67)/t38-,39-,46-,47+,48+,53+,54+,58-,59+/m1/s1. The zero-order chi connectivity index (χ0) is 52.0. The number of hydrogen-bond acceptors (Lipinski definition) is 10. The summed E-state index contributed by atoms with van der Waals surface area (Å²) >= 11 is 0. The second kappa shape index (κ2) is 23.7. The Hall–Kier alpha value is -4.69. The highest BCUT2D eigenvalue weighted by Crippen LogP contribution is 2.69. The van der Waals surface area contributed by atoms with Crippen LogP contribution in [-0.4, -0.2) is 92.3 Å². The average molecular weight is 988 g/mol. The summed E-state index contributed by atoms with van der Waals surface area (Å²) in [6.07, 6.45) is 8.94. The first-order chi connectivity index (χ1) is 34.3. The zero-order valence-electron chi connectivity index (χ0n) is 44.7. The lowest BCUT2D eigenvalue weighted by Crippen LogP contribution is -2.70. The molecule has 9 atom stereocenters. The molecular weight excluding hydrogens is 905 g/mol. The van der Waals surface area contributed by atoms with E-state index in [4.69, 9.17) is 24.5 Å². The summed E-state index contributed by atoms with van der Waals surface area (Å²) < 4.78 is 25.4. The smallest absolute Gasteiger partial charge is 0.461 e. The van der Waals surface area contributed by atoms with E-state index in [2.05, 4.69) is 64.2 Å². The number of nitrogens with two attached hydrogens (primary N) is 1. The number of amides is 2. The van der Waals surface area contributed by atoms with E-state index in [1.54, 1.807) is 27.1 Å². The number of nitrogens with zero attached hydrogens (tertiary/aromatic N) is 1. The zero-order valence-corrected chi connectivity index (χ0v) is 44.7. The van der Waals surface area contributed by atoms with Gasteiger partial charge in [-0.15, -0.1) is 0 Å². The highest BCUT2D eigenvalue weighted by atomic mass is 16.7. The highest BCUT2D eigenvalue weighted by molar-refractivity contribution is 6.47. The minimum absolute atomic E-state index is 0.0161. The summed E-state index contributed by atoms with van der Waals surface area (Å²) in [5.41, 5.74) is 10.5. The average Bonchev–Trinajstić information content (AvgIpc) is 3.66. The van der Waals surface area contributed by atoms with Crippen molar-refractivity contribution in [3.63, 3.8) is 0 Å². The van der Waals surface area contributed by atoms with Gasteiger partial charge in [0.05, 0.1) is 24.9 Å². The second-order valence-electron chi connectivity index (χ2n) is 22.7. The van der Waals surface area contributed by atoms with Crippen molar-refractivity contribution in [1.82, 2.24) is 10.2 Å². The molecule has 13 heteroatoms. The van der Waals surface area contributed by atoms with Gasteiger partial charge in [0.1, 0.15) is 17.8 Å². The molecule has 3 aromatic rings. The van der Waals surface area contributed by atoms with Crippen LogP contribution in [-0.2, 0) is 46.1 Å². The summed E-state index contributed by atoms with van der Waals surface area (Å²) in [6.45, 7) is 15.6. The van der Waals surface area contributed by atoms with E-state index in [1.807, 2.05) is 43.3 Å². The number of carbonyl (C=O) groups is 5. The predicted molar refractivity (Wildman–Crippen MR) is 283 cm³/mol. The molecule has 3 aliphatic carbocycles. The van der Waals surface area contributed by atoms with E-state index in [9.17, 15) is 24.0 Å². The Morgan fingerprint density at radius 3 is 2.31 bits per heavy atom. The Morgan fingerprint density at radius 2 is 1.64 bits per heavy atom. The van der Waals surface area contributed by atoms with E-state index < -0.39 is 48.1 Å². The maximum atomic E-state index is 14.9. The van der Waals surface area contributed by atoms with Crippen LogP contribution >= 0.6 is 0 Å². The number of nitrogens with one attached hydrogen (secondary N) is 1. The molecule has 2 heterocycles. The number of methoxy groups -OCH3 is 1. The van der Waals surface area contributed by atoms with Crippen LogP contribution in [0.25, 0.3) is 11.1 Å². The van der Waals surface area contributed by atoms with E-state index in [1.165, 1.54) is 10.5 Å². The van der Waals surface area contributed by atoms with Gasteiger partial charge in [0.25, 0.3) is 0 Å². The van der Waals surface area contributed by atoms with Crippen molar-refractivity contribution in [3.8, 4) is 16.9 Å². The molecule has 12 nitrogen and oxygen atoms in total. The molecule has 0 spiro atoms. The predicted octanol–water partition coefficient (Wildman–Crippen LogP) is 10.1. The lowest BCUT2D eigenvalue weighted by Gasteiger charge is -2.67. The lowest BCUT2D eigenvalue weighted by atomic mass is 9.41. The van der Waals surface area contributed by atoms with Crippen LogP contribution in [0.2, 0.25) is 5.82 Å². The first-order valence-electron chi connectivity index (χ1n) is 27.0. The number of Topliss-reactive ketones (excluding diaryl/α,β-unsaturated/α-hetero) is 3. The fourth-order valence-electron chi connectivity index (χ4n) is 12.3. The molecule has 2 aliphatic heterocycles. The molecule has 4 fully saturated rings. The Morgan fingerprint density at radius 1 is 0.931 bits per heavy atom. The van der Waals surface area contributed by atoms with Crippen LogP contribution < -0.4 is 15.8 Å². The largest absolute Gasteiger partial charge is 0.496 e. The molecule has 1 saturated heterocycles. The van der Waals surface area contributed by atoms with E-state index in [0.717, 1.165) is 55.2 Å². The number of hydrogen-bond donors (Lipinski definition) is 2. The van der Waals surface area contributed by atoms with Gasteiger partial charge in [-0.05, 0) is 141 Å². The number of ketones is 3. The number of likely N-dealkylation sites (N-methyl/N-ethyl adjacent to an activating group) is 1. The molecule has 3 N–H and O–H groups in total. The Labute approximate surface area is 429 Å². The molecule has 5 aliphatic rings. The van der Waals surface area contributed by atoms with Crippen LogP contribution in [0.1, 0.15) is 159 Å². The normalized spacial score (nSPS) is 27.2. The Balaban J connectivity index is 1.07. The van der Waals surface area contributed by atoms with Gasteiger partial charge in [0.2, 0.25) is 11.8 Å². The third kappa shape index (κ3) is 12.0. The summed E-state index contributed by atoms with van der Waals surface area (Å²) in [5, 5.41) is 2.96. The number of ether oxygens (including phenoxy) is 2. The van der Waals surface area contributed by atoms with Crippen molar-refractivity contribution in [1.29, 1.82) is 0 Å². The van der Waals surface area contributed by atoms with Crippen molar-refractivity contribution in [3.05, 3.63) is 89.0 Å². The number of unbranched alkanes of at least 4 members (excludes halogenated alkanes) is 2. The Kier molecular flexibility index (Phi) is 18.1. The van der Waals surface area contributed by atoms with Crippen molar-refractivity contribution in [2.24, 2.45) is 34.8 Å². The fraction of sp³-hybridized carbons (Fsp3) is 0.610. The minimum Gasteiger partial charge on any atom is -0.496 e. The second-order valence-corrected chi connectivity index (χ2v) is 22.7. The monoisotopic (exact) mass is 988 g/mol. The maximum absolute atomic E-state index is 14.9. The number of rotatable bonds is 18. The maximum Gasteiger partial charge on any atom is 0.461 e. The molecule has 0 unspecified atom stereocenters. The Bertz CT molecular complexity index is 2390. The molecule has 4 bridgehead atoms. The molecule has 3 aromatic carbocycles. The van der Waals surface area contributed by atoms with E-state index in [-0.39, 0.29) is 60.4 Å². The van der Waals surface area contributed by atoms with Crippen LogP contribution in [0.5, 0.6) is 5.75 Å². The summed E-state index contributed by atoms with van der Waals surface area (Å²) in [5.74, 6) is -1.78. The third-order valence-corrected chi connectivity index (χ3v) is 17.2. The van der Waals surface area contributed by atoms with Crippen molar-refractivity contribution < 1.29 is 42.8 Å². The summed E-state index contributed by atoms with van der Waals surface area (Å²) in [6, 6.07) is 19.6. The van der Waals surface area contributed by atoms with Gasteiger partial charge in [-0.1, -0.05) is 102 Å². The molecule has 72 heavy (non-hydrogen) atoms. The van der Waals surface area contributed by atoms with Crippen LogP contribution in [0, 0.1) is 29.1 Å². The quantitative estimate of drug-likeness (QED) is 0.0712. The molecular formula is C59H82BN3O9. The third-order valence-electron chi connectivity index (χ3n) is 17.2. The van der Waals surface area contributed by atoms with Gasteiger partial charge in [0.15, 0.2) is 17.3 Å². The van der Waals surface area contributed by atoms with E-state index in [0.29, 0.717) is 74.0 Å². The van der Waals surface area contributed by atoms with Gasteiger partial charge in [-0.3, -0.25) is 24.0 Å². The van der Waals surface area contributed by atoms with Crippen LogP contribution in [0.3, 0.4) is 0 Å². The first-order valence-corrected chi connectivity index (χ1v) is 27.0. The van der Waals surface area contributed by atoms with Gasteiger partial charge in [-0.25, -0.2) is 0 Å². The van der Waals surface area contributed by atoms with Gasteiger partial charge in [0, 0.05) is 50.3 Å². The van der Waals surface area contributed by atoms with E-state index >= 15 is 0 Å². The summed E-state index contributed by atoms with van der Waals surface area (Å²) in [4.78, 5) is 73.6. The molecule has 0 aromatic heterocycles.